The lowest BCUT2D eigenvalue weighted by molar-refractivity contribution is -0.143. The van der Waals surface area contributed by atoms with Crippen molar-refractivity contribution in [2.75, 3.05) is 26.1 Å². The summed E-state index contributed by atoms with van der Waals surface area (Å²) in [5, 5.41) is 3.15. The molecule has 0 aliphatic carbocycles. The molecule has 0 atom stereocenters. The Morgan fingerprint density at radius 3 is 2.41 bits per heavy atom. The topological polar surface area (TPSA) is 67.9 Å². The van der Waals surface area contributed by atoms with Gasteiger partial charge in [-0.1, -0.05) is 17.7 Å². The molecule has 1 N–H and O–H groups in total. The largest absolute Gasteiger partial charge is 0.493 e. The molecule has 0 fully saturated rings. The van der Waals surface area contributed by atoms with E-state index in [1.807, 2.05) is 19.1 Å². The van der Waals surface area contributed by atoms with Gasteiger partial charge in [-0.3, -0.25) is 9.59 Å². The number of methoxy groups -OCH3 is 2. The maximum absolute atomic E-state index is 12.6. The molecule has 2 aromatic rings. The van der Waals surface area contributed by atoms with Crippen molar-refractivity contribution in [3.63, 3.8) is 0 Å². The second-order valence-corrected chi connectivity index (χ2v) is 6.80. The number of halogens is 1. The van der Waals surface area contributed by atoms with Crippen LogP contribution in [0.5, 0.6) is 11.5 Å². The van der Waals surface area contributed by atoms with E-state index >= 15 is 0 Å². The lowest BCUT2D eigenvalue weighted by Gasteiger charge is -2.29. The molecule has 1 aliphatic heterocycles. The highest BCUT2D eigenvalue weighted by Crippen LogP contribution is 2.33. The lowest BCUT2D eigenvalue weighted by Crippen LogP contribution is -2.42. The maximum Gasteiger partial charge on any atom is 0.313 e. The van der Waals surface area contributed by atoms with Gasteiger partial charge in [0.25, 0.3) is 0 Å². The zero-order valence-electron chi connectivity index (χ0n) is 15.5. The minimum atomic E-state index is -0.677. The number of nitrogens with one attached hydrogen (secondary N) is 1. The lowest BCUT2D eigenvalue weighted by atomic mass is 9.98. The van der Waals surface area contributed by atoms with Gasteiger partial charge in [-0.25, -0.2) is 0 Å². The summed E-state index contributed by atoms with van der Waals surface area (Å²) < 4.78 is 10.7. The fraction of sp³-hybridized carbons (Fsp3) is 0.300. The van der Waals surface area contributed by atoms with Gasteiger partial charge in [0.05, 0.1) is 14.2 Å². The van der Waals surface area contributed by atoms with Gasteiger partial charge in [-0.2, -0.15) is 0 Å². The van der Waals surface area contributed by atoms with E-state index in [1.54, 1.807) is 32.4 Å². The van der Waals surface area contributed by atoms with Crippen LogP contribution < -0.4 is 14.8 Å². The van der Waals surface area contributed by atoms with E-state index in [9.17, 15) is 9.59 Å². The summed E-state index contributed by atoms with van der Waals surface area (Å²) in [7, 11) is 3.15. The van der Waals surface area contributed by atoms with Crippen molar-refractivity contribution in [2.45, 2.75) is 19.9 Å². The fourth-order valence-electron chi connectivity index (χ4n) is 3.10. The molecule has 1 aliphatic rings. The van der Waals surface area contributed by atoms with Gasteiger partial charge in [0.15, 0.2) is 11.5 Å². The fourth-order valence-corrected chi connectivity index (χ4v) is 3.28. The molecule has 0 spiro atoms. The van der Waals surface area contributed by atoms with Gasteiger partial charge in [-0.05, 0) is 54.3 Å². The van der Waals surface area contributed by atoms with Crippen molar-refractivity contribution in [3.05, 3.63) is 52.0 Å². The third-order valence-electron chi connectivity index (χ3n) is 4.65. The summed E-state index contributed by atoms with van der Waals surface area (Å²) in [6.45, 7) is 2.65. The number of carbonyl (C=O) groups is 2. The van der Waals surface area contributed by atoms with Crippen LogP contribution in [0.2, 0.25) is 5.02 Å². The quantitative estimate of drug-likeness (QED) is 0.820. The third kappa shape index (κ3) is 4.01. The molecular formula is C20H21ClN2O4. The maximum atomic E-state index is 12.6. The highest BCUT2D eigenvalue weighted by Gasteiger charge is 2.27. The summed E-state index contributed by atoms with van der Waals surface area (Å²) in [4.78, 5) is 26.6. The number of carbonyl (C=O) groups excluding carboxylic acids is 2. The number of fused-ring (bicyclic) bond motifs is 1. The first-order valence-corrected chi connectivity index (χ1v) is 8.91. The smallest absolute Gasteiger partial charge is 0.313 e. The summed E-state index contributed by atoms with van der Waals surface area (Å²) in [5.74, 6) is 0.00820. The van der Waals surface area contributed by atoms with Gasteiger partial charge in [0.1, 0.15) is 0 Å². The number of nitrogens with zero attached hydrogens (tertiary/aromatic N) is 1. The molecule has 2 aromatic carbocycles. The molecule has 142 valence electrons. The standard InChI is InChI=1S/C20H21ClN2O4/c1-12-4-5-15(21)10-16(12)22-19(24)20(25)23-7-6-13-8-17(26-2)18(27-3)9-14(13)11-23/h4-5,8-10H,6-7,11H2,1-3H3,(H,22,24). The number of rotatable bonds is 3. The molecule has 2 amide bonds. The van der Waals surface area contributed by atoms with Gasteiger partial charge >= 0.3 is 11.8 Å². The zero-order chi connectivity index (χ0) is 19.6. The number of amides is 2. The summed E-state index contributed by atoms with van der Waals surface area (Å²) in [5.41, 5.74) is 3.40. The minimum Gasteiger partial charge on any atom is -0.493 e. The van der Waals surface area contributed by atoms with E-state index in [-0.39, 0.29) is 0 Å². The number of benzene rings is 2. The van der Waals surface area contributed by atoms with Crippen LogP contribution in [0.1, 0.15) is 16.7 Å². The van der Waals surface area contributed by atoms with Crippen molar-refractivity contribution in [1.29, 1.82) is 0 Å². The highest BCUT2D eigenvalue weighted by atomic mass is 35.5. The van der Waals surface area contributed by atoms with Crippen LogP contribution in [0, 0.1) is 6.92 Å². The average Bonchev–Trinajstić information content (AvgIpc) is 2.68. The normalized spacial score (nSPS) is 13.0. The number of hydrogen-bond donors (Lipinski definition) is 1. The van der Waals surface area contributed by atoms with Crippen LogP contribution in [0.3, 0.4) is 0 Å². The minimum absolute atomic E-state index is 0.344. The van der Waals surface area contributed by atoms with Crippen LogP contribution in [0.4, 0.5) is 5.69 Å². The molecule has 1 heterocycles. The van der Waals surface area contributed by atoms with Crippen molar-refractivity contribution >= 4 is 29.1 Å². The average molecular weight is 389 g/mol. The van der Waals surface area contributed by atoms with Gasteiger partial charge < -0.3 is 19.7 Å². The van der Waals surface area contributed by atoms with Gasteiger partial charge in [-0.15, -0.1) is 0 Å². The van der Waals surface area contributed by atoms with E-state index in [1.165, 1.54) is 4.90 Å². The molecule has 3 rings (SSSR count). The molecule has 0 radical (unpaired) electrons. The molecular weight excluding hydrogens is 368 g/mol. The van der Waals surface area contributed by atoms with Crippen molar-refractivity contribution in [3.8, 4) is 11.5 Å². The monoisotopic (exact) mass is 388 g/mol. The number of aryl methyl sites for hydroxylation is 1. The summed E-state index contributed by atoms with van der Waals surface area (Å²) >= 11 is 5.97. The second-order valence-electron chi connectivity index (χ2n) is 6.37. The summed E-state index contributed by atoms with van der Waals surface area (Å²) in [6, 6.07) is 8.93. The highest BCUT2D eigenvalue weighted by molar-refractivity contribution is 6.39. The Balaban J connectivity index is 1.75. The van der Waals surface area contributed by atoms with Crippen molar-refractivity contribution < 1.29 is 19.1 Å². The van der Waals surface area contributed by atoms with Gasteiger partial charge in [0, 0.05) is 23.8 Å². The molecule has 27 heavy (non-hydrogen) atoms. The van der Waals surface area contributed by atoms with E-state index < -0.39 is 11.8 Å². The molecule has 7 heteroatoms. The Labute approximate surface area is 163 Å². The first-order chi connectivity index (χ1) is 12.9. The van der Waals surface area contributed by atoms with Gasteiger partial charge in [0.2, 0.25) is 0 Å². The molecule has 0 saturated carbocycles. The zero-order valence-corrected chi connectivity index (χ0v) is 16.2. The van der Waals surface area contributed by atoms with E-state index in [2.05, 4.69) is 5.32 Å². The molecule has 0 aromatic heterocycles. The Kier molecular flexibility index (Phi) is 5.56. The Morgan fingerprint density at radius 2 is 1.74 bits per heavy atom. The van der Waals surface area contributed by atoms with Crippen LogP contribution >= 0.6 is 11.6 Å². The van der Waals surface area contributed by atoms with Crippen LogP contribution in [0.25, 0.3) is 0 Å². The van der Waals surface area contributed by atoms with E-state index in [0.717, 1.165) is 16.7 Å². The van der Waals surface area contributed by atoms with Crippen molar-refractivity contribution in [1.82, 2.24) is 4.90 Å². The first kappa shape index (κ1) is 19.0. The number of hydrogen-bond acceptors (Lipinski definition) is 4. The number of ether oxygens (including phenoxy) is 2. The summed E-state index contributed by atoms with van der Waals surface area (Å²) in [6.07, 6.45) is 0.644. The van der Waals surface area contributed by atoms with Crippen LogP contribution in [-0.2, 0) is 22.6 Å². The molecule has 0 unspecified atom stereocenters. The molecule has 0 saturated heterocycles. The predicted octanol–water partition coefficient (Wildman–Crippen LogP) is 3.19. The van der Waals surface area contributed by atoms with E-state index in [4.69, 9.17) is 21.1 Å². The third-order valence-corrected chi connectivity index (χ3v) is 4.88. The van der Waals surface area contributed by atoms with Crippen LogP contribution in [-0.4, -0.2) is 37.5 Å². The SMILES string of the molecule is COc1cc2c(cc1OC)CN(C(=O)C(=O)Nc1cc(Cl)ccc1C)CC2. The Morgan fingerprint density at radius 1 is 1.07 bits per heavy atom. The van der Waals surface area contributed by atoms with Crippen LogP contribution in [0.15, 0.2) is 30.3 Å². The number of anilines is 1. The first-order valence-electron chi connectivity index (χ1n) is 8.53. The second kappa shape index (κ2) is 7.88. The Bertz CT molecular complexity index is 898. The molecule has 6 nitrogen and oxygen atoms in total. The Hall–Kier alpha value is -2.73. The van der Waals surface area contributed by atoms with Crippen molar-refractivity contribution in [2.24, 2.45) is 0 Å². The van der Waals surface area contributed by atoms with E-state index in [0.29, 0.717) is 41.7 Å². The predicted molar refractivity (Wildman–Crippen MR) is 103 cm³/mol. The molecule has 0 bridgehead atoms.